The maximum atomic E-state index is 6.54. The highest BCUT2D eigenvalue weighted by Gasteiger charge is 2.40. The van der Waals surface area contributed by atoms with Gasteiger partial charge in [0.1, 0.15) is 0 Å². The highest BCUT2D eigenvalue weighted by atomic mass is 127. The largest absolute Gasteiger partial charge is 0.381 e. The molecule has 2 unspecified atom stereocenters. The summed E-state index contributed by atoms with van der Waals surface area (Å²) in [4.78, 5) is 0. The van der Waals surface area contributed by atoms with Crippen molar-refractivity contribution in [3.63, 3.8) is 0 Å². The summed E-state index contributed by atoms with van der Waals surface area (Å²) in [6.45, 7) is 2.48. The number of halogens is 1. The molecule has 2 N–H and O–H groups in total. The van der Waals surface area contributed by atoms with Gasteiger partial charge in [0.05, 0.1) is 5.60 Å². The maximum Gasteiger partial charge on any atom is 0.0729 e. The molecule has 0 radical (unpaired) electrons. The topological polar surface area (TPSA) is 44.5 Å². The fraction of sp³-hybridized carbons (Fsp3) is 0.625. The van der Waals surface area contributed by atoms with E-state index in [2.05, 4.69) is 46.9 Å². The monoisotopic (exact) mass is 387 g/mol. The molecule has 3 rings (SSSR count). The fourth-order valence-electron chi connectivity index (χ4n) is 3.45. The van der Waals surface area contributed by atoms with Crippen LogP contribution >= 0.6 is 22.6 Å². The average molecular weight is 387 g/mol. The SMILES string of the molecule is NC(c1cccc(I)c1)C1CCOC2(CCOCC2)C1. The van der Waals surface area contributed by atoms with Crippen LogP contribution in [0.15, 0.2) is 24.3 Å². The zero-order valence-electron chi connectivity index (χ0n) is 11.7. The van der Waals surface area contributed by atoms with Gasteiger partial charge in [0.25, 0.3) is 0 Å². The Labute approximate surface area is 134 Å². The molecule has 4 heteroatoms. The maximum absolute atomic E-state index is 6.54. The third kappa shape index (κ3) is 3.18. The summed E-state index contributed by atoms with van der Waals surface area (Å²) < 4.78 is 12.8. The Morgan fingerprint density at radius 3 is 2.80 bits per heavy atom. The molecule has 2 atom stereocenters. The molecule has 2 heterocycles. The van der Waals surface area contributed by atoms with Gasteiger partial charge in [-0.25, -0.2) is 0 Å². The van der Waals surface area contributed by atoms with E-state index in [-0.39, 0.29) is 11.6 Å². The van der Waals surface area contributed by atoms with Crippen LogP contribution in [0.5, 0.6) is 0 Å². The minimum absolute atomic E-state index is 0.0285. The first-order valence-electron chi connectivity index (χ1n) is 7.41. The highest BCUT2D eigenvalue weighted by Crippen LogP contribution is 2.41. The van der Waals surface area contributed by atoms with Crippen LogP contribution in [-0.4, -0.2) is 25.4 Å². The lowest BCUT2D eigenvalue weighted by Gasteiger charge is -2.44. The second kappa shape index (κ2) is 6.30. The van der Waals surface area contributed by atoms with Crippen molar-refractivity contribution in [3.8, 4) is 0 Å². The summed E-state index contributed by atoms with van der Waals surface area (Å²) in [6.07, 6.45) is 4.17. The Morgan fingerprint density at radius 2 is 2.05 bits per heavy atom. The van der Waals surface area contributed by atoms with Crippen LogP contribution in [0.25, 0.3) is 0 Å². The lowest BCUT2D eigenvalue weighted by molar-refractivity contribution is -0.149. The third-order valence-electron chi connectivity index (χ3n) is 4.68. The minimum Gasteiger partial charge on any atom is -0.381 e. The number of benzene rings is 1. The minimum atomic E-state index is 0.0285. The highest BCUT2D eigenvalue weighted by molar-refractivity contribution is 14.1. The average Bonchev–Trinajstić information content (AvgIpc) is 2.47. The van der Waals surface area contributed by atoms with E-state index in [0.29, 0.717) is 5.92 Å². The van der Waals surface area contributed by atoms with Gasteiger partial charge in [0.2, 0.25) is 0 Å². The lowest BCUT2D eigenvalue weighted by atomic mass is 9.76. The second-order valence-corrected chi connectivity index (χ2v) is 7.22. The van der Waals surface area contributed by atoms with Gasteiger partial charge in [-0.2, -0.15) is 0 Å². The molecule has 2 aliphatic heterocycles. The number of hydrogen-bond donors (Lipinski definition) is 1. The van der Waals surface area contributed by atoms with Crippen LogP contribution in [0.3, 0.4) is 0 Å². The van der Waals surface area contributed by atoms with Crippen molar-refractivity contribution < 1.29 is 9.47 Å². The van der Waals surface area contributed by atoms with E-state index < -0.39 is 0 Å². The number of nitrogens with two attached hydrogens (primary N) is 1. The standard InChI is InChI=1S/C16H22INO2/c17-14-3-1-2-12(10-14)15(18)13-4-7-20-16(11-13)5-8-19-9-6-16/h1-3,10,13,15H,4-9,11,18H2. The van der Waals surface area contributed by atoms with E-state index >= 15 is 0 Å². The Bertz CT molecular complexity index is 454. The van der Waals surface area contributed by atoms with E-state index in [0.717, 1.165) is 45.5 Å². The second-order valence-electron chi connectivity index (χ2n) is 5.98. The molecule has 2 fully saturated rings. The Hall–Kier alpha value is -0.170. The van der Waals surface area contributed by atoms with Gasteiger partial charge in [-0.15, -0.1) is 0 Å². The molecule has 0 amide bonds. The normalized spacial score (nSPS) is 27.4. The smallest absolute Gasteiger partial charge is 0.0729 e. The van der Waals surface area contributed by atoms with E-state index in [1.54, 1.807) is 0 Å². The van der Waals surface area contributed by atoms with E-state index in [9.17, 15) is 0 Å². The van der Waals surface area contributed by atoms with Crippen LogP contribution in [0, 0.1) is 9.49 Å². The first-order valence-corrected chi connectivity index (χ1v) is 8.49. The summed E-state index contributed by atoms with van der Waals surface area (Å²) >= 11 is 2.35. The predicted molar refractivity (Wildman–Crippen MR) is 87.5 cm³/mol. The molecular weight excluding hydrogens is 365 g/mol. The van der Waals surface area contributed by atoms with Crippen LogP contribution in [-0.2, 0) is 9.47 Å². The van der Waals surface area contributed by atoms with Crippen molar-refractivity contribution in [2.24, 2.45) is 11.7 Å². The first kappa shape index (κ1) is 14.8. The molecule has 1 aromatic carbocycles. The van der Waals surface area contributed by atoms with Crippen molar-refractivity contribution >= 4 is 22.6 Å². The molecule has 2 aliphatic rings. The predicted octanol–water partition coefficient (Wildman–Crippen LogP) is 3.27. The van der Waals surface area contributed by atoms with Crippen molar-refractivity contribution in [2.75, 3.05) is 19.8 Å². The summed E-state index contributed by atoms with van der Waals surface area (Å²) in [5.74, 6) is 0.514. The summed E-state index contributed by atoms with van der Waals surface area (Å²) in [6, 6.07) is 8.69. The molecular formula is C16H22INO2. The van der Waals surface area contributed by atoms with Crippen LogP contribution in [0.1, 0.15) is 37.3 Å². The molecule has 0 saturated carbocycles. The zero-order valence-corrected chi connectivity index (χ0v) is 13.8. The van der Waals surface area contributed by atoms with Gasteiger partial charge in [-0.1, -0.05) is 12.1 Å². The Balaban J connectivity index is 1.73. The zero-order chi connectivity index (χ0) is 14.0. The molecule has 1 spiro atoms. The van der Waals surface area contributed by atoms with Gasteiger partial charge in [-0.05, 0) is 71.9 Å². The van der Waals surface area contributed by atoms with Crippen molar-refractivity contribution in [2.45, 2.75) is 37.3 Å². The quantitative estimate of drug-likeness (QED) is 0.793. The van der Waals surface area contributed by atoms with Gasteiger partial charge in [0, 0.05) is 29.4 Å². The summed E-state index contributed by atoms with van der Waals surface area (Å²) in [7, 11) is 0. The molecule has 2 saturated heterocycles. The van der Waals surface area contributed by atoms with Gasteiger partial charge in [-0.3, -0.25) is 0 Å². The van der Waals surface area contributed by atoms with Crippen LogP contribution < -0.4 is 5.73 Å². The molecule has 0 aliphatic carbocycles. The van der Waals surface area contributed by atoms with E-state index in [1.165, 1.54) is 9.13 Å². The van der Waals surface area contributed by atoms with Crippen molar-refractivity contribution in [3.05, 3.63) is 33.4 Å². The molecule has 3 nitrogen and oxygen atoms in total. The Morgan fingerprint density at radius 1 is 1.25 bits per heavy atom. The van der Waals surface area contributed by atoms with Crippen LogP contribution in [0.4, 0.5) is 0 Å². The van der Waals surface area contributed by atoms with Crippen molar-refractivity contribution in [1.82, 2.24) is 0 Å². The number of ether oxygens (including phenoxy) is 2. The number of rotatable bonds is 2. The van der Waals surface area contributed by atoms with Gasteiger partial charge in [0.15, 0.2) is 0 Å². The molecule has 0 bridgehead atoms. The number of hydrogen-bond acceptors (Lipinski definition) is 3. The molecule has 1 aromatic rings. The van der Waals surface area contributed by atoms with Gasteiger partial charge >= 0.3 is 0 Å². The third-order valence-corrected chi connectivity index (χ3v) is 5.35. The first-order chi connectivity index (χ1) is 9.69. The lowest BCUT2D eigenvalue weighted by Crippen LogP contribution is -2.46. The molecule has 110 valence electrons. The van der Waals surface area contributed by atoms with E-state index in [4.69, 9.17) is 15.2 Å². The Kier molecular flexibility index (Phi) is 4.65. The van der Waals surface area contributed by atoms with Crippen LogP contribution in [0.2, 0.25) is 0 Å². The molecule has 20 heavy (non-hydrogen) atoms. The molecule has 0 aromatic heterocycles. The summed E-state index contributed by atoms with van der Waals surface area (Å²) in [5, 5.41) is 0. The van der Waals surface area contributed by atoms with Gasteiger partial charge < -0.3 is 15.2 Å². The van der Waals surface area contributed by atoms with Crippen molar-refractivity contribution in [1.29, 1.82) is 0 Å². The summed E-state index contributed by atoms with van der Waals surface area (Å²) in [5.41, 5.74) is 7.82. The van der Waals surface area contributed by atoms with E-state index in [1.807, 2.05) is 0 Å². The fourth-order valence-corrected chi connectivity index (χ4v) is 4.02.